The SMILES string of the molecule is CCC(=O)Nc1nc(C)nc(NC(CC)COCc2cccnc2)n1. The molecule has 0 aromatic carbocycles. The quantitative estimate of drug-likeness (QED) is 0.720. The molecule has 2 heterocycles. The molecule has 2 rings (SSSR count). The van der Waals surface area contributed by atoms with Crippen LogP contribution >= 0.6 is 0 Å². The van der Waals surface area contributed by atoms with E-state index in [1.807, 2.05) is 12.1 Å². The first-order valence-electron chi connectivity index (χ1n) is 8.36. The van der Waals surface area contributed by atoms with Crippen LogP contribution in [0.4, 0.5) is 11.9 Å². The first-order chi connectivity index (χ1) is 12.1. The first-order valence-corrected chi connectivity index (χ1v) is 8.36. The Kier molecular flexibility index (Phi) is 7.21. The lowest BCUT2D eigenvalue weighted by Crippen LogP contribution is -2.26. The van der Waals surface area contributed by atoms with Gasteiger partial charge in [0, 0.05) is 18.8 Å². The van der Waals surface area contributed by atoms with Gasteiger partial charge in [-0.1, -0.05) is 19.9 Å². The molecule has 0 spiro atoms. The van der Waals surface area contributed by atoms with Crippen molar-refractivity contribution in [1.82, 2.24) is 19.9 Å². The van der Waals surface area contributed by atoms with Crippen LogP contribution in [0.3, 0.4) is 0 Å². The van der Waals surface area contributed by atoms with Crippen molar-refractivity contribution in [3.63, 3.8) is 0 Å². The number of hydrogen-bond acceptors (Lipinski definition) is 7. The fraction of sp³-hybridized carbons (Fsp3) is 0.471. The summed E-state index contributed by atoms with van der Waals surface area (Å²) in [6, 6.07) is 3.90. The summed E-state index contributed by atoms with van der Waals surface area (Å²) in [5.74, 6) is 1.09. The van der Waals surface area contributed by atoms with Gasteiger partial charge < -0.3 is 10.1 Å². The van der Waals surface area contributed by atoms with Crippen molar-refractivity contribution < 1.29 is 9.53 Å². The van der Waals surface area contributed by atoms with E-state index < -0.39 is 0 Å². The second-order valence-corrected chi connectivity index (χ2v) is 5.56. The van der Waals surface area contributed by atoms with Crippen LogP contribution in [-0.2, 0) is 16.1 Å². The highest BCUT2D eigenvalue weighted by Crippen LogP contribution is 2.09. The average molecular weight is 344 g/mol. The summed E-state index contributed by atoms with van der Waals surface area (Å²) in [6.07, 6.45) is 4.73. The maximum absolute atomic E-state index is 11.5. The molecule has 0 aliphatic rings. The first kappa shape index (κ1) is 18.7. The molecule has 1 atom stereocenters. The van der Waals surface area contributed by atoms with Crippen molar-refractivity contribution in [2.45, 2.75) is 46.3 Å². The lowest BCUT2D eigenvalue weighted by atomic mass is 10.2. The predicted molar refractivity (Wildman–Crippen MR) is 95.1 cm³/mol. The monoisotopic (exact) mass is 344 g/mol. The third-order valence-electron chi connectivity index (χ3n) is 3.46. The minimum atomic E-state index is -0.136. The average Bonchev–Trinajstić information content (AvgIpc) is 2.61. The minimum Gasteiger partial charge on any atom is -0.375 e. The Labute approximate surface area is 147 Å². The van der Waals surface area contributed by atoms with Crippen LogP contribution in [0, 0.1) is 6.92 Å². The van der Waals surface area contributed by atoms with Crippen LogP contribution in [0.1, 0.15) is 38.1 Å². The third-order valence-corrected chi connectivity index (χ3v) is 3.46. The number of pyridine rings is 1. The molecular weight excluding hydrogens is 320 g/mol. The molecule has 0 bridgehead atoms. The van der Waals surface area contributed by atoms with E-state index in [1.54, 1.807) is 26.2 Å². The van der Waals surface area contributed by atoms with Crippen molar-refractivity contribution in [2.24, 2.45) is 0 Å². The van der Waals surface area contributed by atoms with E-state index in [-0.39, 0.29) is 17.9 Å². The molecule has 0 saturated carbocycles. The number of hydrogen-bond donors (Lipinski definition) is 2. The Morgan fingerprint density at radius 2 is 2.04 bits per heavy atom. The molecule has 2 N–H and O–H groups in total. The van der Waals surface area contributed by atoms with Gasteiger partial charge in [0.2, 0.25) is 17.8 Å². The summed E-state index contributed by atoms with van der Waals surface area (Å²) in [4.78, 5) is 28.2. The van der Waals surface area contributed by atoms with Crippen molar-refractivity contribution in [3.8, 4) is 0 Å². The smallest absolute Gasteiger partial charge is 0.234 e. The van der Waals surface area contributed by atoms with Gasteiger partial charge in [-0.2, -0.15) is 15.0 Å². The number of carbonyl (C=O) groups is 1. The summed E-state index contributed by atoms with van der Waals surface area (Å²) in [5, 5.41) is 5.88. The summed E-state index contributed by atoms with van der Waals surface area (Å²) in [5.41, 5.74) is 1.03. The molecule has 8 nitrogen and oxygen atoms in total. The van der Waals surface area contributed by atoms with E-state index in [0.717, 1.165) is 12.0 Å². The minimum absolute atomic E-state index is 0.0493. The summed E-state index contributed by atoms with van der Waals surface area (Å²) < 4.78 is 5.74. The fourth-order valence-electron chi connectivity index (χ4n) is 2.06. The van der Waals surface area contributed by atoms with Crippen molar-refractivity contribution in [1.29, 1.82) is 0 Å². The zero-order chi connectivity index (χ0) is 18.1. The fourth-order valence-corrected chi connectivity index (χ4v) is 2.06. The number of carbonyl (C=O) groups excluding carboxylic acids is 1. The Balaban J connectivity index is 1.92. The van der Waals surface area contributed by atoms with Gasteiger partial charge in [-0.15, -0.1) is 0 Å². The van der Waals surface area contributed by atoms with E-state index in [1.165, 1.54) is 0 Å². The Hall–Kier alpha value is -2.61. The second kappa shape index (κ2) is 9.63. The Morgan fingerprint density at radius 1 is 1.24 bits per heavy atom. The van der Waals surface area contributed by atoms with Crippen LogP contribution in [0.2, 0.25) is 0 Å². The molecule has 0 aliphatic heterocycles. The van der Waals surface area contributed by atoms with Gasteiger partial charge in [-0.3, -0.25) is 15.1 Å². The number of amides is 1. The molecule has 134 valence electrons. The van der Waals surface area contributed by atoms with Crippen molar-refractivity contribution in [2.75, 3.05) is 17.2 Å². The molecule has 8 heteroatoms. The number of rotatable bonds is 9. The van der Waals surface area contributed by atoms with Crippen molar-refractivity contribution in [3.05, 3.63) is 35.9 Å². The zero-order valence-corrected chi connectivity index (χ0v) is 14.8. The van der Waals surface area contributed by atoms with E-state index in [9.17, 15) is 4.79 Å². The van der Waals surface area contributed by atoms with Gasteiger partial charge >= 0.3 is 0 Å². The van der Waals surface area contributed by atoms with Crippen molar-refractivity contribution >= 4 is 17.8 Å². The molecule has 0 fully saturated rings. The van der Waals surface area contributed by atoms with E-state index >= 15 is 0 Å². The van der Waals surface area contributed by atoms with Gasteiger partial charge in [0.25, 0.3) is 0 Å². The van der Waals surface area contributed by atoms with Crippen LogP contribution in [0.5, 0.6) is 0 Å². The maximum Gasteiger partial charge on any atom is 0.234 e. The lowest BCUT2D eigenvalue weighted by molar-refractivity contribution is -0.115. The largest absolute Gasteiger partial charge is 0.375 e. The topological polar surface area (TPSA) is 102 Å². The number of nitrogens with one attached hydrogen (secondary N) is 2. The molecule has 25 heavy (non-hydrogen) atoms. The van der Waals surface area contributed by atoms with Crippen LogP contribution < -0.4 is 10.6 Å². The molecule has 0 saturated heterocycles. The zero-order valence-electron chi connectivity index (χ0n) is 14.8. The Bertz CT molecular complexity index is 680. The van der Waals surface area contributed by atoms with Crippen LogP contribution in [0.25, 0.3) is 0 Å². The Morgan fingerprint density at radius 3 is 2.72 bits per heavy atom. The standard InChI is InChI=1S/C17H24N6O2/c1-4-14(11-25-10-13-7-6-8-18-9-13)21-16-19-12(3)20-17(23-16)22-15(24)5-2/h6-9,14H,4-5,10-11H2,1-3H3,(H2,19,20,21,22,23,24). The predicted octanol–water partition coefficient (Wildman–Crippen LogP) is 2.33. The lowest BCUT2D eigenvalue weighted by Gasteiger charge is -2.17. The summed E-state index contributed by atoms with van der Waals surface area (Å²) in [7, 11) is 0. The van der Waals surface area contributed by atoms with Gasteiger partial charge in [0.05, 0.1) is 19.3 Å². The van der Waals surface area contributed by atoms with E-state index in [2.05, 4.69) is 37.5 Å². The highest BCUT2D eigenvalue weighted by atomic mass is 16.5. The van der Waals surface area contributed by atoms with E-state index in [4.69, 9.17) is 4.74 Å². The number of ether oxygens (including phenoxy) is 1. The van der Waals surface area contributed by atoms with Crippen LogP contribution in [-0.4, -0.2) is 38.5 Å². The molecular formula is C17H24N6O2. The molecule has 0 aliphatic carbocycles. The molecule has 1 amide bonds. The highest BCUT2D eigenvalue weighted by Gasteiger charge is 2.11. The molecule has 2 aromatic heterocycles. The summed E-state index contributed by atoms with van der Waals surface area (Å²) in [6.45, 7) is 6.59. The number of aromatic nitrogens is 4. The molecule has 0 radical (unpaired) electrons. The van der Waals surface area contributed by atoms with Crippen LogP contribution in [0.15, 0.2) is 24.5 Å². The van der Waals surface area contributed by atoms with Gasteiger partial charge in [-0.25, -0.2) is 0 Å². The highest BCUT2D eigenvalue weighted by molar-refractivity contribution is 5.88. The molecule has 1 unspecified atom stereocenters. The summed E-state index contributed by atoms with van der Waals surface area (Å²) >= 11 is 0. The van der Waals surface area contributed by atoms with Gasteiger partial charge in [0.15, 0.2) is 0 Å². The third kappa shape index (κ3) is 6.42. The number of nitrogens with zero attached hydrogens (tertiary/aromatic N) is 4. The van der Waals surface area contributed by atoms with Gasteiger partial charge in [0.1, 0.15) is 5.82 Å². The van der Waals surface area contributed by atoms with E-state index in [0.29, 0.717) is 31.4 Å². The maximum atomic E-state index is 11.5. The number of aryl methyl sites for hydroxylation is 1. The normalized spacial score (nSPS) is 11.8. The second-order valence-electron chi connectivity index (χ2n) is 5.56. The van der Waals surface area contributed by atoms with Gasteiger partial charge in [-0.05, 0) is 25.0 Å². The number of anilines is 2. The molecule has 2 aromatic rings.